The number of fused-ring (bicyclic) bond motifs is 1. The highest BCUT2D eigenvalue weighted by atomic mass is 16.5. The summed E-state index contributed by atoms with van der Waals surface area (Å²) in [5, 5.41) is 0. The summed E-state index contributed by atoms with van der Waals surface area (Å²) in [6.45, 7) is 4.20. The van der Waals surface area contributed by atoms with Crippen molar-refractivity contribution >= 4 is 5.78 Å². The van der Waals surface area contributed by atoms with Gasteiger partial charge in [0.1, 0.15) is 17.1 Å². The number of Topliss-reactive ketones (excluding diaryl/α,β-unsaturated/α-hetero) is 1. The van der Waals surface area contributed by atoms with Crippen molar-refractivity contribution in [2.75, 3.05) is 7.11 Å². The van der Waals surface area contributed by atoms with E-state index < -0.39 is 0 Å². The second-order valence-electron chi connectivity index (χ2n) is 4.85. The Morgan fingerprint density at radius 2 is 2.17 bits per heavy atom. The van der Waals surface area contributed by atoms with Gasteiger partial charge < -0.3 is 9.47 Å². The maximum Gasteiger partial charge on any atom is 0.170 e. The van der Waals surface area contributed by atoms with Crippen molar-refractivity contribution in [1.29, 1.82) is 0 Å². The minimum absolute atomic E-state index is 0.158. The predicted octanol–water partition coefficient (Wildman–Crippen LogP) is 3.61. The molecule has 1 aromatic rings. The summed E-state index contributed by atoms with van der Waals surface area (Å²) in [6, 6.07) is 5.44. The fourth-order valence-corrected chi connectivity index (χ4v) is 2.57. The molecule has 1 heterocycles. The van der Waals surface area contributed by atoms with Gasteiger partial charge in [-0.15, -0.1) is 0 Å². The molecule has 0 bridgehead atoms. The number of carbonyl (C=O) groups is 1. The van der Waals surface area contributed by atoms with Gasteiger partial charge in [0, 0.05) is 0 Å². The SMILES string of the molecule is CCCC1(CC)CC(=O)c2cc(OC)ccc2O1. The number of hydrogen-bond donors (Lipinski definition) is 0. The van der Waals surface area contributed by atoms with E-state index in [2.05, 4.69) is 13.8 Å². The minimum Gasteiger partial charge on any atom is -0.497 e. The highest BCUT2D eigenvalue weighted by molar-refractivity contribution is 6.00. The summed E-state index contributed by atoms with van der Waals surface area (Å²) in [4.78, 5) is 12.3. The van der Waals surface area contributed by atoms with Crippen molar-refractivity contribution in [2.24, 2.45) is 0 Å². The lowest BCUT2D eigenvalue weighted by Crippen LogP contribution is -2.41. The summed E-state index contributed by atoms with van der Waals surface area (Å²) < 4.78 is 11.2. The van der Waals surface area contributed by atoms with Crippen LogP contribution in [0.4, 0.5) is 0 Å². The molecule has 0 amide bonds. The monoisotopic (exact) mass is 248 g/mol. The van der Waals surface area contributed by atoms with Gasteiger partial charge in [0.2, 0.25) is 0 Å². The van der Waals surface area contributed by atoms with E-state index in [9.17, 15) is 4.79 Å². The maximum absolute atomic E-state index is 12.3. The molecule has 1 aliphatic heterocycles. The van der Waals surface area contributed by atoms with Crippen LogP contribution < -0.4 is 9.47 Å². The summed E-state index contributed by atoms with van der Waals surface area (Å²) in [6.07, 6.45) is 3.27. The summed E-state index contributed by atoms with van der Waals surface area (Å²) in [5.41, 5.74) is 0.336. The molecule has 0 fully saturated rings. The van der Waals surface area contributed by atoms with Crippen LogP contribution in [0.15, 0.2) is 18.2 Å². The number of ketones is 1. The molecule has 0 aromatic heterocycles. The van der Waals surface area contributed by atoms with Gasteiger partial charge in [-0.3, -0.25) is 4.79 Å². The molecule has 2 rings (SSSR count). The molecule has 3 nitrogen and oxygen atoms in total. The summed E-state index contributed by atoms with van der Waals surface area (Å²) in [7, 11) is 1.60. The lowest BCUT2D eigenvalue weighted by molar-refractivity contribution is 0.0310. The molecule has 1 aliphatic rings. The Bertz CT molecular complexity index is 453. The molecule has 1 aromatic carbocycles. The third kappa shape index (κ3) is 2.22. The zero-order valence-electron chi connectivity index (χ0n) is 11.3. The van der Waals surface area contributed by atoms with E-state index in [0.29, 0.717) is 23.5 Å². The number of hydrogen-bond acceptors (Lipinski definition) is 3. The van der Waals surface area contributed by atoms with Gasteiger partial charge in [0.15, 0.2) is 5.78 Å². The first-order valence-corrected chi connectivity index (χ1v) is 6.54. The molecular formula is C15H20O3. The van der Waals surface area contributed by atoms with Crippen molar-refractivity contribution in [3.8, 4) is 11.5 Å². The van der Waals surface area contributed by atoms with E-state index in [1.807, 2.05) is 12.1 Å². The van der Waals surface area contributed by atoms with Gasteiger partial charge >= 0.3 is 0 Å². The Kier molecular flexibility index (Phi) is 3.60. The molecule has 0 saturated carbocycles. The zero-order valence-corrected chi connectivity index (χ0v) is 11.3. The van der Waals surface area contributed by atoms with Crippen molar-refractivity contribution in [3.05, 3.63) is 23.8 Å². The van der Waals surface area contributed by atoms with E-state index in [0.717, 1.165) is 19.3 Å². The molecule has 1 unspecified atom stereocenters. The molecule has 0 radical (unpaired) electrons. The van der Waals surface area contributed by atoms with Crippen LogP contribution in [0.3, 0.4) is 0 Å². The van der Waals surface area contributed by atoms with Crippen LogP contribution in [0, 0.1) is 0 Å². The summed E-state index contributed by atoms with van der Waals surface area (Å²) in [5.74, 6) is 1.55. The van der Waals surface area contributed by atoms with Crippen LogP contribution in [-0.4, -0.2) is 18.5 Å². The van der Waals surface area contributed by atoms with E-state index >= 15 is 0 Å². The average Bonchev–Trinajstić information content (AvgIpc) is 2.39. The fourth-order valence-electron chi connectivity index (χ4n) is 2.57. The van der Waals surface area contributed by atoms with E-state index in [-0.39, 0.29) is 11.4 Å². The van der Waals surface area contributed by atoms with Crippen LogP contribution >= 0.6 is 0 Å². The van der Waals surface area contributed by atoms with E-state index in [1.54, 1.807) is 13.2 Å². The Hall–Kier alpha value is -1.51. The number of carbonyl (C=O) groups excluding carboxylic acids is 1. The molecule has 1 atom stereocenters. The second-order valence-corrected chi connectivity index (χ2v) is 4.85. The van der Waals surface area contributed by atoms with Crippen molar-refractivity contribution < 1.29 is 14.3 Å². The highest BCUT2D eigenvalue weighted by Crippen LogP contribution is 2.39. The third-order valence-electron chi connectivity index (χ3n) is 3.65. The van der Waals surface area contributed by atoms with Crippen LogP contribution in [0.1, 0.15) is 49.9 Å². The van der Waals surface area contributed by atoms with Gasteiger partial charge in [-0.1, -0.05) is 20.3 Å². The van der Waals surface area contributed by atoms with E-state index in [4.69, 9.17) is 9.47 Å². The molecule has 0 spiro atoms. The number of methoxy groups -OCH3 is 1. The molecule has 18 heavy (non-hydrogen) atoms. The minimum atomic E-state index is -0.312. The largest absolute Gasteiger partial charge is 0.497 e. The topological polar surface area (TPSA) is 35.5 Å². The van der Waals surface area contributed by atoms with Crippen LogP contribution in [0.5, 0.6) is 11.5 Å². The maximum atomic E-state index is 12.3. The predicted molar refractivity (Wildman–Crippen MR) is 70.5 cm³/mol. The first-order chi connectivity index (χ1) is 8.64. The van der Waals surface area contributed by atoms with Crippen LogP contribution in [0.25, 0.3) is 0 Å². The van der Waals surface area contributed by atoms with Crippen LogP contribution in [-0.2, 0) is 0 Å². The highest BCUT2D eigenvalue weighted by Gasteiger charge is 2.38. The third-order valence-corrected chi connectivity index (χ3v) is 3.65. The lowest BCUT2D eigenvalue weighted by Gasteiger charge is -2.37. The number of benzene rings is 1. The Morgan fingerprint density at radius 3 is 2.78 bits per heavy atom. The normalized spacial score (nSPS) is 22.3. The average molecular weight is 248 g/mol. The summed E-state index contributed by atoms with van der Waals surface area (Å²) >= 11 is 0. The quantitative estimate of drug-likeness (QED) is 0.816. The molecular weight excluding hydrogens is 228 g/mol. The molecule has 98 valence electrons. The van der Waals surface area contributed by atoms with E-state index in [1.165, 1.54) is 0 Å². The first kappa shape index (κ1) is 12.9. The number of ether oxygens (including phenoxy) is 2. The Balaban J connectivity index is 2.37. The fraction of sp³-hybridized carbons (Fsp3) is 0.533. The van der Waals surface area contributed by atoms with Gasteiger partial charge in [-0.05, 0) is 31.0 Å². The van der Waals surface area contributed by atoms with Gasteiger partial charge in [-0.2, -0.15) is 0 Å². The standard InChI is InChI=1S/C15H20O3/c1-4-8-15(5-2)10-13(16)12-9-11(17-3)6-7-14(12)18-15/h6-7,9H,4-5,8,10H2,1-3H3. The molecule has 0 N–H and O–H groups in total. The first-order valence-electron chi connectivity index (χ1n) is 6.54. The van der Waals surface area contributed by atoms with Crippen molar-refractivity contribution in [3.63, 3.8) is 0 Å². The van der Waals surface area contributed by atoms with Crippen molar-refractivity contribution in [2.45, 2.75) is 45.1 Å². The zero-order chi connectivity index (χ0) is 13.2. The smallest absolute Gasteiger partial charge is 0.170 e. The van der Waals surface area contributed by atoms with Crippen LogP contribution in [0.2, 0.25) is 0 Å². The van der Waals surface area contributed by atoms with Gasteiger partial charge in [0.25, 0.3) is 0 Å². The van der Waals surface area contributed by atoms with Crippen molar-refractivity contribution in [1.82, 2.24) is 0 Å². The Labute approximate surface area is 108 Å². The Morgan fingerprint density at radius 1 is 1.39 bits per heavy atom. The molecule has 0 saturated heterocycles. The molecule has 3 heteroatoms. The van der Waals surface area contributed by atoms with Gasteiger partial charge in [-0.25, -0.2) is 0 Å². The molecule has 0 aliphatic carbocycles. The number of rotatable bonds is 4. The second kappa shape index (κ2) is 5.01. The van der Waals surface area contributed by atoms with Gasteiger partial charge in [0.05, 0.1) is 19.1 Å². The lowest BCUT2D eigenvalue weighted by atomic mass is 9.84.